The lowest BCUT2D eigenvalue weighted by molar-refractivity contribution is -0.139. The molecule has 1 heterocycles. The van der Waals surface area contributed by atoms with E-state index in [1.165, 1.54) is 24.0 Å². The van der Waals surface area contributed by atoms with Gasteiger partial charge < -0.3 is 5.32 Å². The molecule has 1 aromatic carbocycles. The van der Waals surface area contributed by atoms with Crippen molar-refractivity contribution in [1.82, 2.24) is 15.8 Å². The maximum atomic E-state index is 12.7. The molecule has 2 N–H and O–H groups in total. The van der Waals surface area contributed by atoms with Gasteiger partial charge in [-0.15, -0.1) is 0 Å². The Morgan fingerprint density at radius 1 is 1.04 bits per heavy atom. The van der Waals surface area contributed by atoms with E-state index in [4.69, 9.17) is 0 Å². The molecule has 4 amide bonds. The SMILES string of the molecule is O=C(Cc1ccc2c(c1)CCCC2)NN1C(=O)NC2(CCCCC2)C1=O. The van der Waals surface area contributed by atoms with Crippen molar-refractivity contribution in [1.29, 1.82) is 0 Å². The first-order valence-corrected chi connectivity index (χ1v) is 9.64. The van der Waals surface area contributed by atoms with Crippen LogP contribution in [0.5, 0.6) is 0 Å². The third-order valence-corrected chi connectivity index (χ3v) is 5.88. The Morgan fingerprint density at radius 3 is 2.54 bits per heavy atom. The van der Waals surface area contributed by atoms with Gasteiger partial charge in [0.25, 0.3) is 5.91 Å². The van der Waals surface area contributed by atoms with Gasteiger partial charge >= 0.3 is 6.03 Å². The molecule has 0 bridgehead atoms. The van der Waals surface area contributed by atoms with Crippen LogP contribution in [0.15, 0.2) is 18.2 Å². The van der Waals surface area contributed by atoms with Gasteiger partial charge in [-0.25, -0.2) is 4.79 Å². The zero-order chi connectivity index (χ0) is 18.1. The lowest BCUT2D eigenvalue weighted by atomic mass is 9.82. The molecule has 6 nitrogen and oxygen atoms in total. The highest BCUT2D eigenvalue weighted by Crippen LogP contribution is 2.33. The number of carbonyl (C=O) groups excluding carboxylic acids is 3. The van der Waals surface area contributed by atoms with E-state index < -0.39 is 11.6 Å². The molecule has 0 radical (unpaired) electrons. The number of nitrogens with zero attached hydrogens (tertiary/aromatic N) is 1. The summed E-state index contributed by atoms with van der Waals surface area (Å²) in [4.78, 5) is 37.3. The molecule has 0 atom stereocenters. The maximum Gasteiger partial charge on any atom is 0.344 e. The molecule has 4 rings (SSSR count). The van der Waals surface area contributed by atoms with Gasteiger partial charge in [-0.3, -0.25) is 15.0 Å². The Bertz CT molecular complexity index is 753. The van der Waals surface area contributed by atoms with Crippen LogP contribution in [0.1, 0.15) is 61.6 Å². The molecule has 1 spiro atoms. The molecule has 138 valence electrons. The monoisotopic (exact) mass is 355 g/mol. The Morgan fingerprint density at radius 2 is 1.77 bits per heavy atom. The molecule has 3 aliphatic rings. The van der Waals surface area contributed by atoms with Gasteiger partial charge in [0.05, 0.1) is 6.42 Å². The van der Waals surface area contributed by atoms with Gasteiger partial charge in [-0.1, -0.05) is 37.5 Å². The van der Waals surface area contributed by atoms with Crippen molar-refractivity contribution in [3.63, 3.8) is 0 Å². The van der Waals surface area contributed by atoms with Crippen LogP contribution in [0.4, 0.5) is 4.79 Å². The van der Waals surface area contributed by atoms with E-state index in [9.17, 15) is 14.4 Å². The highest BCUT2D eigenvalue weighted by atomic mass is 16.2. The quantitative estimate of drug-likeness (QED) is 0.817. The molecule has 2 fully saturated rings. The molecular formula is C20H25N3O3. The number of imide groups is 1. The predicted octanol–water partition coefficient (Wildman–Crippen LogP) is 2.39. The van der Waals surface area contributed by atoms with Crippen LogP contribution in [-0.4, -0.2) is 28.4 Å². The van der Waals surface area contributed by atoms with E-state index >= 15 is 0 Å². The third kappa shape index (κ3) is 3.08. The second-order valence-corrected chi connectivity index (χ2v) is 7.74. The average Bonchev–Trinajstić information content (AvgIpc) is 2.86. The van der Waals surface area contributed by atoms with Gasteiger partial charge in [-0.2, -0.15) is 5.01 Å². The largest absolute Gasteiger partial charge is 0.344 e. The number of aryl methyl sites for hydroxylation is 2. The normalized spacial score (nSPS) is 21.5. The Hall–Kier alpha value is -2.37. The van der Waals surface area contributed by atoms with E-state index in [1.54, 1.807) is 0 Å². The molecule has 1 aromatic rings. The second kappa shape index (κ2) is 6.74. The summed E-state index contributed by atoms with van der Waals surface area (Å²) < 4.78 is 0. The Balaban J connectivity index is 1.42. The summed E-state index contributed by atoms with van der Waals surface area (Å²) in [5.41, 5.74) is 5.31. The Labute approximate surface area is 153 Å². The number of benzene rings is 1. The minimum Gasteiger partial charge on any atom is -0.322 e. The lowest BCUT2D eigenvalue weighted by Crippen LogP contribution is -2.51. The van der Waals surface area contributed by atoms with E-state index in [0.29, 0.717) is 12.8 Å². The van der Waals surface area contributed by atoms with E-state index in [1.807, 2.05) is 6.07 Å². The average molecular weight is 355 g/mol. The van der Waals surface area contributed by atoms with Crippen molar-refractivity contribution in [2.75, 3.05) is 0 Å². The first-order valence-electron chi connectivity index (χ1n) is 9.64. The summed E-state index contributed by atoms with van der Waals surface area (Å²) in [6.07, 6.45) is 8.95. The number of hydrogen-bond acceptors (Lipinski definition) is 3. The van der Waals surface area contributed by atoms with Gasteiger partial charge in [0.15, 0.2) is 0 Å². The van der Waals surface area contributed by atoms with Crippen molar-refractivity contribution >= 4 is 17.8 Å². The highest BCUT2D eigenvalue weighted by Gasteiger charge is 2.52. The van der Waals surface area contributed by atoms with Crippen molar-refractivity contribution < 1.29 is 14.4 Å². The summed E-state index contributed by atoms with van der Waals surface area (Å²) in [5.74, 6) is -0.655. The fraction of sp³-hybridized carbons (Fsp3) is 0.550. The lowest BCUT2D eigenvalue weighted by Gasteiger charge is -2.30. The number of hydrogen-bond donors (Lipinski definition) is 2. The number of nitrogens with one attached hydrogen (secondary N) is 2. The number of carbonyl (C=O) groups is 3. The summed E-state index contributed by atoms with van der Waals surface area (Å²) in [6.45, 7) is 0. The van der Waals surface area contributed by atoms with Crippen molar-refractivity contribution in [3.05, 3.63) is 34.9 Å². The van der Waals surface area contributed by atoms with Crippen LogP contribution in [0, 0.1) is 0 Å². The first-order chi connectivity index (χ1) is 12.6. The maximum absolute atomic E-state index is 12.7. The molecule has 1 saturated carbocycles. The molecule has 6 heteroatoms. The van der Waals surface area contributed by atoms with Crippen LogP contribution in [-0.2, 0) is 28.9 Å². The molecule has 0 unspecified atom stereocenters. The third-order valence-electron chi connectivity index (χ3n) is 5.88. The van der Waals surface area contributed by atoms with Crippen LogP contribution >= 0.6 is 0 Å². The first kappa shape index (κ1) is 17.1. The minimum absolute atomic E-state index is 0.164. The predicted molar refractivity (Wildman–Crippen MR) is 96.1 cm³/mol. The van der Waals surface area contributed by atoms with Gasteiger partial charge in [0, 0.05) is 0 Å². The number of fused-ring (bicyclic) bond motifs is 1. The fourth-order valence-electron chi connectivity index (χ4n) is 4.46. The van der Waals surface area contributed by atoms with Crippen LogP contribution < -0.4 is 10.7 Å². The number of amides is 4. The summed E-state index contributed by atoms with van der Waals surface area (Å²) in [7, 11) is 0. The summed E-state index contributed by atoms with van der Waals surface area (Å²) in [6, 6.07) is 5.64. The molecule has 1 saturated heterocycles. The standard InChI is InChI=1S/C20H25N3O3/c24-17(13-14-8-9-15-6-2-3-7-16(15)12-14)22-23-18(25)20(21-19(23)26)10-4-1-5-11-20/h8-9,12H,1-7,10-11,13H2,(H,21,26)(H,22,24). The molecule has 26 heavy (non-hydrogen) atoms. The summed E-state index contributed by atoms with van der Waals surface area (Å²) >= 11 is 0. The minimum atomic E-state index is -0.811. The van der Waals surface area contributed by atoms with E-state index in [2.05, 4.69) is 22.9 Å². The van der Waals surface area contributed by atoms with Crippen LogP contribution in [0.3, 0.4) is 0 Å². The molecule has 0 aromatic heterocycles. The van der Waals surface area contributed by atoms with Gasteiger partial charge in [0.2, 0.25) is 5.91 Å². The van der Waals surface area contributed by atoms with Crippen LogP contribution in [0.25, 0.3) is 0 Å². The zero-order valence-electron chi connectivity index (χ0n) is 15.0. The second-order valence-electron chi connectivity index (χ2n) is 7.74. The Kier molecular flexibility index (Phi) is 4.42. The smallest absolute Gasteiger partial charge is 0.322 e. The van der Waals surface area contributed by atoms with E-state index in [-0.39, 0.29) is 18.2 Å². The topological polar surface area (TPSA) is 78.5 Å². The van der Waals surface area contributed by atoms with Crippen molar-refractivity contribution in [2.45, 2.75) is 69.7 Å². The zero-order valence-corrected chi connectivity index (χ0v) is 15.0. The van der Waals surface area contributed by atoms with Gasteiger partial charge in [0.1, 0.15) is 5.54 Å². The summed E-state index contributed by atoms with van der Waals surface area (Å²) in [5, 5.41) is 3.68. The van der Waals surface area contributed by atoms with Crippen molar-refractivity contribution in [2.24, 2.45) is 0 Å². The highest BCUT2D eigenvalue weighted by molar-refractivity contribution is 6.08. The molecule has 1 aliphatic heterocycles. The van der Waals surface area contributed by atoms with Crippen LogP contribution in [0.2, 0.25) is 0 Å². The number of rotatable bonds is 3. The van der Waals surface area contributed by atoms with E-state index in [0.717, 1.165) is 42.7 Å². The van der Waals surface area contributed by atoms with Crippen molar-refractivity contribution in [3.8, 4) is 0 Å². The molecular weight excluding hydrogens is 330 g/mol. The molecule has 2 aliphatic carbocycles. The fourth-order valence-corrected chi connectivity index (χ4v) is 4.46. The van der Waals surface area contributed by atoms with Gasteiger partial charge in [-0.05, 0) is 55.2 Å². The number of urea groups is 1. The number of hydrazine groups is 1.